The summed E-state index contributed by atoms with van der Waals surface area (Å²) < 4.78 is 5.26. The first-order valence-electron chi connectivity index (χ1n) is 6.79. The lowest BCUT2D eigenvalue weighted by Gasteiger charge is -2.39. The molecule has 18 heavy (non-hydrogen) atoms. The number of carbonyl (C=O) groups is 1. The number of aliphatic hydroxyl groups is 1. The number of nitrogens with one attached hydrogen (secondary N) is 1. The molecule has 1 rings (SSSR count). The summed E-state index contributed by atoms with van der Waals surface area (Å²) in [5.41, 5.74) is -0.865. The molecule has 0 aliphatic heterocycles. The molecule has 0 aromatic carbocycles. The Labute approximate surface area is 110 Å². The largest absolute Gasteiger partial charge is 0.394 e. The van der Waals surface area contributed by atoms with Gasteiger partial charge in [0.25, 0.3) is 0 Å². The van der Waals surface area contributed by atoms with Gasteiger partial charge in [0.1, 0.15) is 0 Å². The number of methoxy groups -OCH3 is 1. The number of hydrogen-bond acceptors (Lipinski definition) is 3. The zero-order valence-corrected chi connectivity index (χ0v) is 12.1. The summed E-state index contributed by atoms with van der Waals surface area (Å²) in [5.74, 6) is 0.655. The number of hydrogen-bond donors (Lipinski definition) is 2. The fraction of sp³-hybridized carbons (Fsp3) is 0.929. The lowest BCUT2D eigenvalue weighted by Crippen LogP contribution is -2.54. The van der Waals surface area contributed by atoms with Gasteiger partial charge in [-0.05, 0) is 45.4 Å². The zero-order chi connectivity index (χ0) is 13.8. The van der Waals surface area contributed by atoms with Crippen LogP contribution in [0.4, 0.5) is 0 Å². The van der Waals surface area contributed by atoms with E-state index in [9.17, 15) is 9.90 Å². The molecule has 106 valence electrons. The Morgan fingerprint density at radius 3 is 2.44 bits per heavy atom. The molecule has 1 aliphatic rings. The normalized spacial score (nSPS) is 29.1. The molecule has 0 atom stereocenters. The highest BCUT2D eigenvalue weighted by Gasteiger charge is 2.36. The maximum atomic E-state index is 12.0. The van der Waals surface area contributed by atoms with Crippen LogP contribution in [0, 0.1) is 5.92 Å². The Balaban J connectivity index is 2.55. The van der Waals surface area contributed by atoms with Gasteiger partial charge in [-0.15, -0.1) is 0 Å². The van der Waals surface area contributed by atoms with Gasteiger partial charge in [0.2, 0.25) is 5.91 Å². The standard InChI is InChI=1S/C14H27NO3/c1-11-5-7-14(10-16,8-6-11)15-12(17)9-13(2,3)18-4/h11,16H,5-10H2,1-4H3,(H,15,17). The van der Waals surface area contributed by atoms with Crippen molar-refractivity contribution in [3.05, 3.63) is 0 Å². The molecule has 0 saturated heterocycles. The van der Waals surface area contributed by atoms with E-state index in [1.165, 1.54) is 0 Å². The topological polar surface area (TPSA) is 58.6 Å². The molecule has 1 fully saturated rings. The van der Waals surface area contributed by atoms with Gasteiger partial charge in [0.05, 0.1) is 24.2 Å². The minimum Gasteiger partial charge on any atom is -0.394 e. The molecule has 0 aromatic rings. The Kier molecular flexibility index (Phi) is 5.17. The van der Waals surface area contributed by atoms with E-state index in [-0.39, 0.29) is 12.5 Å². The highest BCUT2D eigenvalue weighted by Crippen LogP contribution is 2.31. The van der Waals surface area contributed by atoms with E-state index in [0.29, 0.717) is 12.3 Å². The van der Waals surface area contributed by atoms with E-state index < -0.39 is 11.1 Å². The molecule has 0 heterocycles. The van der Waals surface area contributed by atoms with E-state index in [4.69, 9.17) is 4.74 Å². The van der Waals surface area contributed by atoms with E-state index in [2.05, 4.69) is 12.2 Å². The lowest BCUT2D eigenvalue weighted by atomic mass is 9.77. The van der Waals surface area contributed by atoms with Gasteiger partial charge in [-0.3, -0.25) is 4.79 Å². The van der Waals surface area contributed by atoms with Crippen molar-refractivity contribution in [3.8, 4) is 0 Å². The summed E-state index contributed by atoms with van der Waals surface area (Å²) in [6, 6.07) is 0. The average molecular weight is 257 g/mol. The van der Waals surface area contributed by atoms with Crippen LogP contribution in [-0.4, -0.2) is 35.9 Å². The number of rotatable bonds is 5. The van der Waals surface area contributed by atoms with Crippen molar-refractivity contribution in [2.75, 3.05) is 13.7 Å². The Hall–Kier alpha value is -0.610. The summed E-state index contributed by atoms with van der Waals surface area (Å²) in [6.07, 6.45) is 4.18. The molecule has 2 N–H and O–H groups in total. The fourth-order valence-corrected chi connectivity index (χ4v) is 2.44. The van der Waals surface area contributed by atoms with Crippen LogP contribution in [0.1, 0.15) is 52.9 Å². The molecule has 4 nitrogen and oxygen atoms in total. The molecule has 0 spiro atoms. The maximum Gasteiger partial charge on any atom is 0.223 e. The predicted molar refractivity (Wildman–Crippen MR) is 71.3 cm³/mol. The summed E-state index contributed by atoms with van der Waals surface area (Å²) in [7, 11) is 1.61. The van der Waals surface area contributed by atoms with Gasteiger partial charge in [0, 0.05) is 7.11 Å². The quantitative estimate of drug-likeness (QED) is 0.790. The smallest absolute Gasteiger partial charge is 0.223 e. The van der Waals surface area contributed by atoms with Crippen molar-refractivity contribution < 1.29 is 14.6 Å². The highest BCUT2D eigenvalue weighted by atomic mass is 16.5. The Morgan fingerprint density at radius 2 is 2.00 bits per heavy atom. The first kappa shape index (κ1) is 15.4. The van der Waals surface area contributed by atoms with Crippen LogP contribution in [0.3, 0.4) is 0 Å². The second-order valence-corrected chi connectivity index (χ2v) is 6.31. The maximum absolute atomic E-state index is 12.0. The molecule has 0 radical (unpaired) electrons. The second kappa shape index (κ2) is 6.02. The molecule has 4 heteroatoms. The predicted octanol–water partition coefficient (Wildman–Crippen LogP) is 1.86. The summed E-state index contributed by atoms with van der Waals surface area (Å²) >= 11 is 0. The third-order valence-corrected chi connectivity index (χ3v) is 4.08. The minimum atomic E-state index is -0.456. The van der Waals surface area contributed by atoms with Crippen LogP contribution in [0.5, 0.6) is 0 Å². The van der Waals surface area contributed by atoms with Gasteiger partial charge >= 0.3 is 0 Å². The average Bonchev–Trinajstić information content (AvgIpc) is 2.32. The molecular formula is C14H27NO3. The van der Waals surface area contributed by atoms with Crippen LogP contribution in [0.2, 0.25) is 0 Å². The number of amides is 1. The summed E-state index contributed by atoms with van der Waals surface area (Å²) in [4.78, 5) is 12.0. The van der Waals surface area contributed by atoms with Crippen LogP contribution >= 0.6 is 0 Å². The Morgan fingerprint density at radius 1 is 1.44 bits per heavy atom. The third-order valence-electron chi connectivity index (χ3n) is 4.08. The SMILES string of the molecule is COC(C)(C)CC(=O)NC1(CO)CCC(C)CC1. The van der Waals surface area contributed by atoms with E-state index in [1.807, 2.05) is 13.8 Å². The molecule has 1 saturated carbocycles. The van der Waals surface area contributed by atoms with Crippen LogP contribution in [0.15, 0.2) is 0 Å². The second-order valence-electron chi connectivity index (χ2n) is 6.31. The van der Waals surface area contributed by atoms with Gasteiger partial charge in [-0.2, -0.15) is 0 Å². The molecule has 0 bridgehead atoms. The summed E-state index contributed by atoms with van der Waals surface area (Å²) in [5, 5.41) is 12.6. The molecule has 0 aromatic heterocycles. The molecule has 1 amide bonds. The fourth-order valence-electron chi connectivity index (χ4n) is 2.44. The third kappa shape index (κ3) is 4.25. The number of carbonyl (C=O) groups excluding carboxylic acids is 1. The van der Waals surface area contributed by atoms with Crippen LogP contribution < -0.4 is 5.32 Å². The number of aliphatic hydroxyl groups excluding tert-OH is 1. The lowest BCUT2D eigenvalue weighted by molar-refractivity contribution is -0.129. The highest BCUT2D eigenvalue weighted by molar-refractivity contribution is 5.77. The molecular weight excluding hydrogens is 230 g/mol. The van der Waals surface area contributed by atoms with E-state index in [0.717, 1.165) is 25.7 Å². The van der Waals surface area contributed by atoms with Crippen molar-refractivity contribution in [3.63, 3.8) is 0 Å². The summed E-state index contributed by atoms with van der Waals surface area (Å²) in [6.45, 7) is 6.03. The minimum absolute atomic E-state index is 0.0267. The number of ether oxygens (including phenoxy) is 1. The zero-order valence-electron chi connectivity index (χ0n) is 12.1. The van der Waals surface area contributed by atoms with Crippen molar-refractivity contribution in [1.82, 2.24) is 5.32 Å². The van der Waals surface area contributed by atoms with E-state index in [1.54, 1.807) is 7.11 Å². The van der Waals surface area contributed by atoms with Crippen LogP contribution in [-0.2, 0) is 9.53 Å². The van der Waals surface area contributed by atoms with Gasteiger partial charge in [-0.25, -0.2) is 0 Å². The first-order chi connectivity index (χ1) is 8.32. The molecule has 1 aliphatic carbocycles. The Bertz CT molecular complexity index is 281. The van der Waals surface area contributed by atoms with Gasteiger partial charge in [-0.1, -0.05) is 6.92 Å². The van der Waals surface area contributed by atoms with Gasteiger partial charge in [0.15, 0.2) is 0 Å². The van der Waals surface area contributed by atoms with Gasteiger partial charge < -0.3 is 15.2 Å². The monoisotopic (exact) mass is 257 g/mol. The molecule has 0 unspecified atom stereocenters. The van der Waals surface area contributed by atoms with E-state index >= 15 is 0 Å². The van der Waals surface area contributed by atoms with Crippen molar-refractivity contribution in [2.24, 2.45) is 5.92 Å². The van der Waals surface area contributed by atoms with Crippen molar-refractivity contribution in [2.45, 2.75) is 64.0 Å². The first-order valence-corrected chi connectivity index (χ1v) is 6.79. The van der Waals surface area contributed by atoms with Crippen LogP contribution in [0.25, 0.3) is 0 Å². The van der Waals surface area contributed by atoms with Crippen molar-refractivity contribution in [1.29, 1.82) is 0 Å². The van der Waals surface area contributed by atoms with Crippen molar-refractivity contribution >= 4 is 5.91 Å².